The van der Waals surface area contributed by atoms with E-state index in [4.69, 9.17) is 5.73 Å². The number of nitrogens with two attached hydrogens (primary N) is 1. The van der Waals surface area contributed by atoms with E-state index in [0.717, 1.165) is 55.5 Å². The van der Waals surface area contributed by atoms with Gasteiger partial charge in [-0.25, -0.2) is 4.99 Å². The van der Waals surface area contributed by atoms with E-state index in [1.807, 2.05) is 47.2 Å². The minimum atomic E-state index is -1.14. The number of hydrogen-bond donors (Lipinski definition) is 2. The molecule has 7 nitrogen and oxygen atoms in total. The van der Waals surface area contributed by atoms with Crippen LogP contribution in [0.5, 0.6) is 5.75 Å². The van der Waals surface area contributed by atoms with Gasteiger partial charge in [-0.3, -0.25) is 4.79 Å². The summed E-state index contributed by atoms with van der Waals surface area (Å²) in [4.78, 5) is 32.0. The summed E-state index contributed by atoms with van der Waals surface area (Å²) in [6.45, 7) is 5.59. The second-order valence-electron chi connectivity index (χ2n) is 8.70. The third-order valence-electron chi connectivity index (χ3n) is 6.19. The predicted molar refractivity (Wildman–Crippen MR) is 126 cm³/mol. The largest absolute Gasteiger partial charge is 0.508 e. The van der Waals surface area contributed by atoms with Crippen LogP contribution in [0.1, 0.15) is 32.3 Å². The van der Waals surface area contributed by atoms with E-state index in [9.17, 15) is 14.7 Å². The van der Waals surface area contributed by atoms with Crippen LogP contribution < -0.4 is 5.73 Å². The van der Waals surface area contributed by atoms with Gasteiger partial charge in [-0.1, -0.05) is 30.3 Å². The first-order chi connectivity index (χ1) is 15.2. The van der Waals surface area contributed by atoms with Gasteiger partial charge in [0.2, 0.25) is 5.91 Å². The summed E-state index contributed by atoms with van der Waals surface area (Å²) in [5, 5.41) is 9.79. The van der Waals surface area contributed by atoms with E-state index >= 15 is 0 Å². The lowest BCUT2D eigenvalue weighted by Gasteiger charge is -2.34. The number of phenolic OH excluding ortho intramolecular Hbond substituents is 1. The van der Waals surface area contributed by atoms with E-state index in [2.05, 4.69) is 4.99 Å². The fraction of sp³-hybridized carbons (Fsp3) is 0.400. The molecule has 170 valence electrons. The van der Waals surface area contributed by atoms with Crippen molar-refractivity contribution in [3.63, 3.8) is 0 Å². The Labute approximate surface area is 189 Å². The topological polar surface area (TPSA) is 99.2 Å². The van der Waals surface area contributed by atoms with Crippen molar-refractivity contribution in [1.29, 1.82) is 0 Å². The van der Waals surface area contributed by atoms with E-state index in [1.165, 1.54) is 0 Å². The molecule has 0 saturated carbocycles. The summed E-state index contributed by atoms with van der Waals surface area (Å²) in [5.41, 5.74) is 7.62. The highest BCUT2D eigenvalue weighted by Gasteiger charge is 2.28. The summed E-state index contributed by atoms with van der Waals surface area (Å²) < 4.78 is 0. The Hall–Kier alpha value is -3.35. The maximum Gasteiger partial charge on any atom is 0.219 e. The molecule has 1 fully saturated rings. The number of guanidine groups is 1. The number of aliphatic imine (C=N–C) groups is 1. The van der Waals surface area contributed by atoms with Crippen LogP contribution in [0.4, 0.5) is 0 Å². The van der Waals surface area contributed by atoms with Crippen LogP contribution in [0, 0.1) is 5.92 Å². The number of rotatable bonds is 6. The maximum absolute atomic E-state index is 12.1. The number of hydrogen-bond acceptors (Lipinski definition) is 4. The number of amides is 1. The number of aldehydes is 1. The molecular formula is C25H32N4O3. The van der Waals surface area contributed by atoms with Gasteiger partial charge in [-0.2, -0.15) is 0 Å². The van der Waals surface area contributed by atoms with Crippen molar-refractivity contribution in [3.8, 4) is 16.9 Å². The van der Waals surface area contributed by atoms with E-state index in [1.54, 1.807) is 32.0 Å². The van der Waals surface area contributed by atoms with Crippen LogP contribution in [-0.4, -0.2) is 59.7 Å². The van der Waals surface area contributed by atoms with E-state index in [-0.39, 0.29) is 11.7 Å². The Morgan fingerprint density at radius 2 is 1.84 bits per heavy atom. The summed E-state index contributed by atoms with van der Waals surface area (Å²) >= 11 is 0. The second-order valence-corrected chi connectivity index (χ2v) is 8.70. The third-order valence-corrected chi connectivity index (χ3v) is 6.19. The van der Waals surface area contributed by atoms with Crippen LogP contribution in [-0.2, 0) is 15.1 Å². The molecule has 0 aromatic heterocycles. The number of carbonyl (C=O) groups is 2. The second kappa shape index (κ2) is 9.85. The van der Waals surface area contributed by atoms with Crippen molar-refractivity contribution in [2.75, 3.05) is 26.7 Å². The Morgan fingerprint density at radius 3 is 2.44 bits per heavy atom. The third kappa shape index (κ3) is 5.46. The van der Waals surface area contributed by atoms with Gasteiger partial charge in [-0.15, -0.1) is 0 Å². The fourth-order valence-corrected chi connectivity index (χ4v) is 4.09. The summed E-state index contributed by atoms with van der Waals surface area (Å²) in [5.74, 6) is 1.02. The first kappa shape index (κ1) is 23.3. The van der Waals surface area contributed by atoms with E-state index < -0.39 is 5.54 Å². The molecular weight excluding hydrogens is 404 g/mol. The highest BCUT2D eigenvalue weighted by atomic mass is 16.3. The van der Waals surface area contributed by atoms with Gasteiger partial charge in [-0.05, 0) is 60.6 Å². The Kier molecular flexibility index (Phi) is 7.18. The molecule has 1 aliphatic heterocycles. The molecule has 1 saturated heterocycles. The molecule has 0 spiro atoms. The summed E-state index contributed by atoms with van der Waals surface area (Å²) in [7, 11) is 1.88. The molecule has 3 rings (SSSR count). The summed E-state index contributed by atoms with van der Waals surface area (Å²) in [6, 6.07) is 14.5. The van der Waals surface area contributed by atoms with Gasteiger partial charge in [0.1, 0.15) is 11.3 Å². The zero-order chi connectivity index (χ0) is 23.3. The lowest BCUT2D eigenvalue weighted by Crippen LogP contribution is -2.44. The first-order valence-electron chi connectivity index (χ1n) is 10.9. The van der Waals surface area contributed by atoms with Crippen LogP contribution in [0.3, 0.4) is 0 Å². The van der Waals surface area contributed by atoms with Crippen molar-refractivity contribution < 1.29 is 14.7 Å². The number of phenols is 1. The van der Waals surface area contributed by atoms with Crippen molar-refractivity contribution in [2.24, 2.45) is 16.6 Å². The molecule has 3 N–H and O–H groups in total. The average Bonchev–Trinajstić information content (AvgIpc) is 2.79. The van der Waals surface area contributed by atoms with Gasteiger partial charge in [0.25, 0.3) is 0 Å². The Balaban J connectivity index is 1.75. The molecule has 1 amide bonds. The lowest BCUT2D eigenvalue weighted by atomic mass is 9.91. The molecule has 0 radical (unpaired) electrons. The van der Waals surface area contributed by atoms with Crippen LogP contribution >= 0.6 is 0 Å². The van der Waals surface area contributed by atoms with Crippen molar-refractivity contribution in [1.82, 2.24) is 9.80 Å². The van der Waals surface area contributed by atoms with Crippen LogP contribution in [0.2, 0.25) is 0 Å². The van der Waals surface area contributed by atoms with Crippen LogP contribution in [0.15, 0.2) is 53.5 Å². The Morgan fingerprint density at radius 1 is 1.22 bits per heavy atom. The number of piperidine rings is 1. The lowest BCUT2D eigenvalue weighted by molar-refractivity contribution is -0.130. The van der Waals surface area contributed by atoms with Crippen molar-refractivity contribution in [2.45, 2.75) is 32.2 Å². The molecule has 1 unspecified atom stereocenters. The molecule has 1 heterocycles. The molecule has 0 aliphatic carbocycles. The highest BCUT2D eigenvalue weighted by Crippen LogP contribution is 2.30. The monoisotopic (exact) mass is 436 g/mol. The first-order valence-corrected chi connectivity index (χ1v) is 10.9. The van der Waals surface area contributed by atoms with E-state index in [0.29, 0.717) is 11.9 Å². The smallest absolute Gasteiger partial charge is 0.219 e. The van der Waals surface area contributed by atoms with Gasteiger partial charge < -0.3 is 25.4 Å². The Bertz CT molecular complexity index is 998. The molecule has 2 aromatic carbocycles. The van der Waals surface area contributed by atoms with Crippen molar-refractivity contribution >= 4 is 18.2 Å². The summed E-state index contributed by atoms with van der Waals surface area (Å²) in [6.07, 6.45) is 2.66. The standard InChI is InChI=1S/C25H32N4O3/c1-18(31)29-12-10-19(11-13-29)16-28(3)24(26)27-25(2,17-30)22-8-4-6-20(14-22)21-7-5-9-23(32)15-21/h4-9,14-15,17,19,32H,10-13,16H2,1-3H3,(H2,26,27). The minimum Gasteiger partial charge on any atom is -0.508 e. The fourth-order valence-electron chi connectivity index (χ4n) is 4.09. The quantitative estimate of drug-likeness (QED) is 0.412. The predicted octanol–water partition coefficient (Wildman–Crippen LogP) is 2.98. The molecule has 32 heavy (non-hydrogen) atoms. The number of aromatic hydroxyl groups is 1. The number of nitrogens with zero attached hydrogens (tertiary/aromatic N) is 3. The number of benzene rings is 2. The van der Waals surface area contributed by atoms with Gasteiger partial charge in [0.05, 0.1) is 0 Å². The molecule has 0 bridgehead atoms. The average molecular weight is 437 g/mol. The van der Waals surface area contributed by atoms with Gasteiger partial charge in [0, 0.05) is 33.6 Å². The maximum atomic E-state index is 12.1. The van der Waals surface area contributed by atoms with Gasteiger partial charge >= 0.3 is 0 Å². The van der Waals surface area contributed by atoms with Crippen molar-refractivity contribution in [3.05, 3.63) is 54.1 Å². The normalized spacial score (nSPS) is 17.0. The van der Waals surface area contributed by atoms with Crippen LogP contribution in [0.25, 0.3) is 11.1 Å². The zero-order valence-corrected chi connectivity index (χ0v) is 19.0. The van der Waals surface area contributed by atoms with Gasteiger partial charge in [0.15, 0.2) is 12.2 Å². The SMILES string of the molecule is CC(=O)N1CCC(CN(C)C(N)=NC(C)(C=O)c2cccc(-c3cccc(O)c3)c2)CC1. The minimum absolute atomic E-state index is 0.118. The highest BCUT2D eigenvalue weighted by molar-refractivity contribution is 5.82. The number of carbonyl (C=O) groups excluding carboxylic acids is 2. The molecule has 1 aliphatic rings. The zero-order valence-electron chi connectivity index (χ0n) is 19.0. The number of likely N-dealkylation sites (tertiary alicyclic amines) is 1. The molecule has 7 heteroatoms. The molecule has 1 atom stereocenters. The molecule has 2 aromatic rings.